The molecular formula is C24H22O2S3. The van der Waals surface area contributed by atoms with Gasteiger partial charge in [0.15, 0.2) is 0 Å². The second-order valence-electron chi connectivity index (χ2n) is 6.71. The van der Waals surface area contributed by atoms with Gasteiger partial charge < -0.3 is 4.74 Å². The molecule has 0 aliphatic heterocycles. The molecule has 0 aliphatic carbocycles. The minimum atomic E-state index is 0.0637. The molecule has 0 atom stereocenters. The molecule has 3 aromatic heterocycles. The number of carbonyl (C=O) groups is 1. The highest BCUT2D eigenvalue weighted by atomic mass is 32.1. The van der Waals surface area contributed by atoms with Crippen molar-refractivity contribution < 1.29 is 9.53 Å². The number of benzene rings is 1. The Morgan fingerprint density at radius 1 is 0.828 bits per heavy atom. The van der Waals surface area contributed by atoms with Crippen LogP contribution in [0, 0.1) is 0 Å². The van der Waals surface area contributed by atoms with Gasteiger partial charge in [-0.3, -0.25) is 4.79 Å². The molecule has 0 amide bonds. The number of thiophene rings is 3. The lowest BCUT2D eigenvalue weighted by Gasteiger charge is -2.06. The normalized spacial score (nSPS) is 10.9. The molecule has 1 aromatic carbocycles. The van der Waals surface area contributed by atoms with E-state index in [1.807, 2.05) is 36.4 Å². The summed E-state index contributed by atoms with van der Waals surface area (Å²) in [7, 11) is 0. The fourth-order valence-electron chi connectivity index (χ4n) is 3.00. The molecule has 0 saturated carbocycles. The van der Waals surface area contributed by atoms with E-state index in [4.69, 9.17) is 4.74 Å². The van der Waals surface area contributed by atoms with Crippen LogP contribution in [-0.4, -0.2) is 12.4 Å². The summed E-state index contributed by atoms with van der Waals surface area (Å²) >= 11 is 5.08. The third-order valence-electron chi connectivity index (χ3n) is 4.58. The first kappa shape index (κ1) is 20.1. The summed E-state index contributed by atoms with van der Waals surface area (Å²) in [5.74, 6) is 0.887. The van der Waals surface area contributed by atoms with Gasteiger partial charge >= 0.3 is 0 Å². The van der Waals surface area contributed by atoms with Gasteiger partial charge in [0, 0.05) is 25.1 Å². The topological polar surface area (TPSA) is 26.3 Å². The van der Waals surface area contributed by atoms with Crippen molar-refractivity contribution in [1.82, 2.24) is 0 Å². The van der Waals surface area contributed by atoms with Crippen molar-refractivity contribution in [2.45, 2.75) is 26.2 Å². The molecule has 4 rings (SSSR count). The smallest absolute Gasteiger partial charge is 0.202 e. The molecule has 0 bridgehead atoms. The Kier molecular flexibility index (Phi) is 6.60. The molecule has 0 aliphatic rings. The predicted molar refractivity (Wildman–Crippen MR) is 126 cm³/mol. The minimum absolute atomic E-state index is 0.0637. The van der Waals surface area contributed by atoms with Crippen LogP contribution in [0.4, 0.5) is 0 Å². The Balaban J connectivity index is 1.43. The zero-order valence-corrected chi connectivity index (χ0v) is 18.7. The van der Waals surface area contributed by atoms with Gasteiger partial charge in [0.1, 0.15) is 5.75 Å². The third-order valence-corrected chi connectivity index (χ3v) is 8.01. The highest BCUT2D eigenvalue weighted by Crippen LogP contribution is 2.39. The van der Waals surface area contributed by atoms with Crippen LogP contribution in [0.2, 0.25) is 0 Å². The van der Waals surface area contributed by atoms with Gasteiger partial charge in [0.25, 0.3) is 0 Å². The lowest BCUT2D eigenvalue weighted by atomic mass is 10.1. The molecule has 5 heteroatoms. The quantitative estimate of drug-likeness (QED) is 0.195. The number of ether oxygens (including phenoxy) is 1. The van der Waals surface area contributed by atoms with Crippen LogP contribution in [-0.2, 0) is 0 Å². The van der Waals surface area contributed by atoms with E-state index in [-0.39, 0.29) is 5.78 Å². The van der Waals surface area contributed by atoms with E-state index < -0.39 is 0 Å². The van der Waals surface area contributed by atoms with E-state index in [2.05, 4.69) is 36.6 Å². The number of unbranched alkanes of at least 4 members (excludes halogenated alkanes) is 2. The summed E-state index contributed by atoms with van der Waals surface area (Å²) in [6.45, 7) is 2.90. The molecule has 0 unspecified atom stereocenters. The third kappa shape index (κ3) is 4.86. The highest BCUT2D eigenvalue weighted by Gasteiger charge is 2.14. The van der Waals surface area contributed by atoms with E-state index in [0.29, 0.717) is 5.56 Å². The van der Waals surface area contributed by atoms with Crippen molar-refractivity contribution in [2.75, 3.05) is 6.61 Å². The Morgan fingerprint density at radius 2 is 1.55 bits per heavy atom. The van der Waals surface area contributed by atoms with Gasteiger partial charge in [-0.1, -0.05) is 25.8 Å². The van der Waals surface area contributed by atoms with E-state index >= 15 is 0 Å². The molecule has 0 N–H and O–H groups in total. The SMILES string of the molecule is CCCCCOc1ccc(C(=O)c2ccc(-c3ccc(-c4cccs4)s3)s2)cc1. The molecule has 0 saturated heterocycles. The fourth-order valence-corrected chi connectivity index (χ4v) is 5.90. The first-order chi connectivity index (χ1) is 14.2. The average Bonchev–Trinajstić information content (AvgIpc) is 3.51. The van der Waals surface area contributed by atoms with Crippen molar-refractivity contribution >= 4 is 39.8 Å². The first-order valence-corrected chi connectivity index (χ1v) is 12.3. The molecule has 0 fully saturated rings. The van der Waals surface area contributed by atoms with Crippen LogP contribution >= 0.6 is 34.0 Å². The summed E-state index contributed by atoms with van der Waals surface area (Å²) in [5, 5.41) is 2.10. The Morgan fingerprint density at radius 3 is 2.28 bits per heavy atom. The van der Waals surface area contributed by atoms with Crippen molar-refractivity contribution in [3.8, 4) is 25.3 Å². The maximum atomic E-state index is 12.9. The number of hydrogen-bond acceptors (Lipinski definition) is 5. The van der Waals surface area contributed by atoms with Crippen LogP contribution in [0.5, 0.6) is 5.75 Å². The molecule has 0 spiro atoms. The Labute approximate surface area is 183 Å². The maximum Gasteiger partial charge on any atom is 0.202 e. The van der Waals surface area contributed by atoms with Gasteiger partial charge in [-0.25, -0.2) is 0 Å². The van der Waals surface area contributed by atoms with Gasteiger partial charge in [0.05, 0.1) is 11.5 Å². The number of rotatable bonds is 9. The zero-order valence-electron chi connectivity index (χ0n) is 16.2. The second kappa shape index (κ2) is 9.53. The standard InChI is InChI=1S/C24H22O2S3/c1-2-3-4-15-26-18-9-7-17(8-10-18)24(25)23-14-13-22(29-23)21-12-11-20(28-21)19-6-5-16-27-19/h5-14,16H,2-4,15H2,1H3. The molecule has 148 valence electrons. The van der Waals surface area contributed by atoms with Crippen molar-refractivity contribution in [2.24, 2.45) is 0 Å². The Bertz CT molecular complexity index is 1060. The summed E-state index contributed by atoms with van der Waals surface area (Å²) in [5.41, 5.74) is 0.699. The molecular weight excluding hydrogens is 416 g/mol. The predicted octanol–water partition coefficient (Wildman–Crippen LogP) is 8.01. The van der Waals surface area contributed by atoms with Gasteiger partial charge in [0.2, 0.25) is 5.78 Å². The summed E-state index contributed by atoms with van der Waals surface area (Å²) < 4.78 is 5.74. The molecule has 4 aromatic rings. The van der Waals surface area contributed by atoms with E-state index in [1.54, 1.807) is 34.0 Å². The monoisotopic (exact) mass is 438 g/mol. The summed E-state index contributed by atoms with van der Waals surface area (Å²) in [6, 6.07) is 20.0. The second-order valence-corrected chi connectivity index (χ2v) is 9.83. The lowest BCUT2D eigenvalue weighted by Crippen LogP contribution is -2.00. The number of carbonyl (C=O) groups excluding carboxylic acids is 1. The van der Waals surface area contributed by atoms with Crippen molar-refractivity contribution in [1.29, 1.82) is 0 Å². The number of hydrogen-bond donors (Lipinski definition) is 0. The van der Waals surface area contributed by atoms with Gasteiger partial charge in [-0.05, 0) is 66.4 Å². The van der Waals surface area contributed by atoms with E-state index in [1.165, 1.54) is 27.5 Å². The molecule has 0 radical (unpaired) electrons. The Hall–Kier alpha value is -2.21. The van der Waals surface area contributed by atoms with Crippen LogP contribution in [0.1, 0.15) is 41.4 Å². The lowest BCUT2D eigenvalue weighted by molar-refractivity contribution is 0.104. The zero-order chi connectivity index (χ0) is 20.1. The van der Waals surface area contributed by atoms with Gasteiger partial charge in [-0.15, -0.1) is 34.0 Å². The van der Waals surface area contributed by atoms with Crippen LogP contribution in [0.25, 0.3) is 19.5 Å². The minimum Gasteiger partial charge on any atom is -0.494 e. The van der Waals surface area contributed by atoms with Crippen LogP contribution in [0.3, 0.4) is 0 Å². The molecule has 29 heavy (non-hydrogen) atoms. The fraction of sp³-hybridized carbons (Fsp3) is 0.208. The largest absolute Gasteiger partial charge is 0.494 e. The van der Waals surface area contributed by atoms with Crippen molar-refractivity contribution in [3.05, 3.63) is 76.5 Å². The molecule has 2 nitrogen and oxygen atoms in total. The summed E-state index contributed by atoms with van der Waals surface area (Å²) in [4.78, 5) is 18.5. The van der Waals surface area contributed by atoms with Crippen molar-refractivity contribution in [3.63, 3.8) is 0 Å². The van der Waals surface area contributed by atoms with E-state index in [9.17, 15) is 4.79 Å². The van der Waals surface area contributed by atoms with Crippen LogP contribution < -0.4 is 4.74 Å². The maximum absolute atomic E-state index is 12.9. The molecule has 3 heterocycles. The van der Waals surface area contributed by atoms with Crippen LogP contribution in [0.15, 0.2) is 66.0 Å². The number of ketones is 1. The average molecular weight is 439 g/mol. The summed E-state index contributed by atoms with van der Waals surface area (Å²) in [6.07, 6.45) is 3.42. The van der Waals surface area contributed by atoms with E-state index in [0.717, 1.165) is 28.5 Å². The highest BCUT2D eigenvalue weighted by molar-refractivity contribution is 7.26. The van der Waals surface area contributed by atoms with Gasteiger partial charge in [-0.2, -0.15) is 0 Å². The first-order valence-electron chi connectivity index (χ1n) is 9.76.